The molecule has 3 nitrogen and oxygen atoms in total. The van der Waals surface area contributed by atoms with Crippen molar-refractivity contribution in [1.82, 2.24) is 0 Å². The first-order valence-corrected chi connectivity index (χ1v) is 27.4. The molecule has 0 spiro atoms. The predicted octanol–water partition coefficient (Wildman–Crippen LogP) is 17.5. The molecule has 0 bridgehead atoms. The topological polar surface area (TPSA) is 19.6 Å². The van der Waals surface area contributed by atoms with Crippen LogP contribution in [0.4, 0.5) is 47.3 Å². The number of benzene rings is 6. The summed E-state index contributed by atoms with van der Waals surface area (Å²) in [6.45, 7) is 35.5. The molecule has 0 saturated carbocycles. The molecule has 382 valence electrons. The zero-order valence-corrected chi connectivity index (χ0v) is 46.6. The minimum Gasteiger partial charge on any atom is -0.468 e. The van der Waals surface area contributed by atoms with Crippen molar-refractivity contribution < 1.29 is 17.6 Å². The van der Waals surface area contributed by atoms with Gasteiger partial charge in [-0.05, 0) is 198 Å². The quantitative estimate of drug-likeness (QED) is 0.165. The van der Waals surface area contributed by atoms with Crippen molar-refractivity contribution in [3.63, 3.8) is 0 Å². The number of fused-ring (bicyclic) bond motifs is 9. The van der Waals surface area contributed by atoms with Crippen LogP contribution in [-0.2, 0) is 44.1 Å². The molecular weight excluding hydrogens is 917 g/mol. The van der Waals surface area contributed by atoms with Gasteiger partial charge in [-0.2, -0.15) is 13.2 Å². The summed E-state index contributed by atoms with van der Waals surface area (Å²) in [5.74, 6) is 0. The molecule has 0 atom stereocenters. The predicted molar refractivity (Wildman–Crippen MR) is 305 cm³/mol. The molecule has 3 heterocycles. The van der Waals surface area contributed by atoms with Crippen LogP contribution >= 0.6 is 0 Å². The molecule has 3 aliphatic carbocycles. The number of furan rings is 1. The van der Waals surface area contributed by atoms with Gasteiger partial charge in [0.15, 0.2) is 0 Å². The Kier molecular flexibility index (Phi) is 10.3. The van der Waals surface area contributed by atoms with Crippen LogP contribution in [0.25, 0.3) is 22.1 Å². The van der Waals surface area contributed by atoms with E-state index in [1.54, 1.807) is 12.1 Å². The van der Waals surface area contributed by atoms with Gasteiger partial charge in [0.05, 0.1) is 16.9 Å². The molecule has 0 unspecified atom stereocenters. The van der Waals surface area contributed by atoms with Gasteiger partial charge < -0.3 is 14.2 Å². The van der Waals surface area contributed by atoms with E-state index in [4.69, 9.17) is 4.42 Å². The standard InChI is InChI=1S/C67H74BF3N2O/c1-60(2,3)40-32-54-57-55(33-40)73(41-22-20-39(21-23-41)43-18-16-17-19-45(43)67(69,70)71)58-44-35-48-51(66(14,15)31-28-63(48,8)9)38-56(44)74-59(58)68(57)52-36-49-50(65(12,13)30-29-64(49,10)11)37-53(52)72(54)42-24-25-46-47(34-42)62(6,7)27-26-61(46,4)5/h16-25,32-38H,26-31H2,1-15H3. The Hall–Kier alpha value is -5.69. The van der Waals surface area contributed by atoms with E-state index < -0.39 is 11.7 Å². The van der Waals surface area contributed by atoms with Gasteiger partial charge in [-0.15, -0.1) is 0 Å². The highest BCUT2D eigenvalue weighted by atomic mass is 19.4. The summed E-state index contributed by atoms with van der Waals surface area (Å²) in [4.78, 5) is 5.01. The van der Waals surface area contributed by atoms with Gasteiger partial charge in [-0.25, -0.2) is 0 Å². The summed E-state index contributed by atoms with van der Waals surface area (Å²) in [7, 11) is 0. The Morgan fingerprint density at radius 1 is 0.486 bits per heavy atom. The first-order chi connectivity index (χ1) is 34.4. The highest BCUT2D eigenvalue weighted by Crippen LogP contribution is 2.55. The largest absolute Gasteiger partial charge is 0.468 e. The van der Waals surface area contributed by atoms with E-state index in [0.29, 0.717) is 5.56 Å². The molecule has 2 aliphatic heterocycles. The molecule has 7 aromatic rings. The van der Waals surface area contributed by atoms with Crippen molar-refractivity contribution in [2.75, 3.05) is 9.80 Å². The highest BCUT2D eigenvalue weighted by molar-refractivity contribution is 7.00. The van der Waals surface area contributed by atoms with Crippen molar-refractivity contribution in [3.05, 3.63) is 148 Å². The second-order valence-corrected chi connectivity index (χ2v) is 28.1. The van der Waals surface area contributed by atoms with Gasteiger partial charge in [-0.1, -0.05) is 146 Å². The fourth-order valence-electron chi connectivity index (χ4n) is 14.1. The van der Waals surface area contributed by atoms with Crippen LogP contribution < -0.4 is 26.4 Å². The van der Waals surface area contributed by atoms with Gasteiger partial charge in [0.25, 0.3) is 6.71 Å². The van der Waals surface area contributed by atoms with Crippen LogP contribution in [0.15, 0.2) is 108 Å². The third-order valence-corrected chi connectivity index (χ3v) is 19.2. The third-order valence-electron chi connectivity index (χ3n) is 19.2. The minimum atomic E-state index is -4.49. The van der Waals surface area contributed by atoms with E-state index in [2.05, 4.69) is 168 Å². The lowest BCUT2D eigenvalue weighted by atomic mass is 9.35. The highest BCUT2D eigenvalue weighted by Gasteiger charge is 2.51. The van der Waals surface area contributed by atoms with E-state index in [9.17, 15) is 13.2 Å². The molecule has 0 amide bonds. The normalized spacial score (nSPS) is 20.3. The van der Waals surface area contributed by atoms with Crippen molar-refractivity contribution in [3.8, 4) is 11.1 Å². The second-order valence-electron chi connectivity index (χ2n) is 28.1. The maximum Gasteiger partial charge on any atom is 0.417 e. The Morgan fingerprint density at radius 3 is 1.54 bits per heavy atom. The Labute approximate surface area is 439 Å². The SMILES string of the molecule is CC(C)(C)c1cc2c3c(c1)N(c1ccc(-c4ccccc4C(F)(F)F)cc1)c1c(oc4cc5c(cc14)C(C)(C)CCC5(C)C)B3c1cc3c(cc1N2c1ccc2c(c1)C(C)(C)CCC2(C)C)C(C)(C)CCC3(C)C. The summed E-state index contributed by atoms with van der Waals surface area (Å²) in [6.07, 6.45) is 2.12. The fourth-order valence-corrected chi connectivity index (χ4v) is 14.1. The first kappa shape index (κ1) is 49.2. The molecular formula is C67H74BF3N2O. The van der Waals surface area contributed by atoms with Crippen LogP contribution in [0, 0.1) is 0 Å². The van der Waals surface area contributed by atoms with E-state index in [0.717, 1.165) is 83.6 Å². The van der Waals surface area contributed by atoms with E-state index in [1.165, 1.54) is 67.7 Å². The van der Waals surface area contributed by atoms with Crippen molar-refractivity contribution in [2.24, 2.45) is 0 Å². The first-order valence-electron chi connectivity index (χ1n) is 27.4. The lowest BCUT2D eigenvalue weighted by Gasteiger charge is -2.47. The van der Waals surface area contributed by atoms with E-state index in [1.807, 2.05) is 24.3 Å². The molecule has 0 N–H and O–H groups in total. The summed E-state index contributed by atoms with van der Waals surface area (Å²) in [5, 5.41) is 1.06. The van der Waals surface area contributed by atoms with Gasteiger partial charge in [-0.3, -0.25) is 0 Å². The molecule has 7 heteroatoms. The maximum absolute atomic E-state index is 14.6. The number of halogens is 3. The van der Waals surface area contributed by atoms with Crippen LogP contribution in [-0.4, -0.2) is 6.71 Å². The van der Waals surface area contributed by atoms with Gasteiger partial charge >= 0.3 is 6.18 Å². The average Bonchev–Trinajstić information content (AvgIpc) is 3.76. The van der Waals surface area contributed by atoms with Crippen LogP contribution in [0.3, 0.4) is 0 Å². The van der Waals surface area contributed by atoms with Crippen LogP contribution in [0.2, 0.25) is 0 Å². The molecule has 0 saturated heterocycles. The second kappa shape index (κ2) is 15.5. The molecule has 0 fully saturated rings. The Balaban J connectivity index is 1.21. The average molecular weight is 991 g/mol. The van der Waals surface area contributed by atoms with Crippen molar-refractivity contribution >= 4 is 68.4 Å². The summed E-state index contributed by atoms with van der Waals surface area (Å²) in [5.41, 5.74) is 19.9. The smallest absolute Gasteiger partial charge is 0.417 e. The van der Waals surface area contributed by atoms with Gasteiger partial charge in [0.2, 0.25) is 0 Å². The monoisotopic (exact) mass is 991 g/mol. The van der Waals surface area contributed by atoms with Crippen LogP contribution in [0.1, 0.15) is 187 Å². The molecule has 5 aliphatic rings. The zero-order chi connectivity index (χ0) is 52.8. The Bertz CT molecular complexity index is 3500. The summed E-state index contributed by atoms with van der Waals surface area (Å²) in [6, 6.07) is 35.9. The molecule has 74 heavy (non-hydrogen) atoms. The number of nitrogens with zero attached hydrogens (tertiary/aromatic N) is 2. The fraction of sp³-hybridized carbons (Fsp3) is 0.433. The van der Waals surface area contributed by atoms with Gasteiger partial charge in [0.1, 0.15) is 5.58 Å². The number of alkyl halides is 3. The lowest BCUT2D eigenvalue weighted by molar-refractivity contribution is -0.137. The number of rotatable bonds is 3. The number of anilines is 6. The summed E-state index contributed by atoms with van der Waals surface area (Å²) < 4.78 is 51.4. The molecule has 0 radical (unpaired) electrons. The van der Waals surface area contributed by atoms with Gasteiger partial charge in [0, 0.05) is 33.8 Å². The number of hydrogen-bond acceptors (Lipinski definition) is 3. The van der Waals surface area contributed by atoms with Crippen LogP contribution in [0.5, 0.6) is 0 Å². The Morgan fingerprint density at radius 2 is 0.973 bits per heavy atom. The molecule has 6 aromatic carbocycles. The lowest BCUT2D eigenvalue weighted by Crippen LogP contribution is -2.61. The zero-order valence-electron chi connectivity index (χ0n) is 46.6. The maximum atomic E-state index is 14.6. The molecule has 1 aromatic heterocycles. The van der Waals surface area contributed by atoms with E-state index >= 15 is 0 Å². The van der Waals surface area contributed by atoms with E-state index in [-0.39, 0.29) is 50.2 Å². The molecule has 12 rings (SSSR count). The van der Waals surface area contributed by atoms with Crippen molar-refractivity contribution in [1.29, 1.82) is 0 Å². The minimum absolute atomic E-state index is 0.00832. The van der Waals surface area contributed by atoms with Crippen molar-refractivity contribution in [2.45, 2.75) is 186 Å². The summed E-state index contributed by atoms with van der Waals surface area (Å²) >= 11 is 0. The third kappa shape index (κ3) is 7.27. The number of hydrogen-bond donors (Lipinski definition) is 0.